The lowest BCUT2D eigenvalue weighted by atomic mass is 10.0. The van der Waals surface area contributed by atoms with Crippen molar-refractivity contribution in [2.45, 2.75) is 20.8 Å². The number of furan rings is 2. The van der Waals surface area contributed by atoms with E-state index in [4.69, 9.17) is 15.4 Å². The standard InChI is InChI=1S/C69H46N4O2/c1-40-17-13-19-44(37-40)71(59-29-15-25-50-47-21-7-11-31-62(47)74-68(50)59)57-35-33-46-42(3)61(73-56-28-10-6-24-53(56)64(57)66(46)73)39-54-43(4)70-55-27-9-5-23-52(55)65-58(36-34-49(54)67(65)70)72(45-20-14-18-41(2)38-45)60-30-16-26-51-48-22-8-12-32-63(48)75-69(51)60/h5-39H,3H2,1-2,4H3/b61-39+. The van der Waals surface area contributed by atoms with Crippen molar-refractivity contribution in [2.75, 3.05) is 9.80 Å². The number of aryl methyl sites for hydroxylation is 3. The number of para-hydroxylation sites is 6. The molecule has 0 spiro atoms. The van der Waals surface area contributed by atoms with E-state index in [1.165, 1.54) is 60.3 Å². The van der Waals surface area contributed by atoms with E-state index in [1.54, 1.807) is 0 Å². The summed E-state index contributed by atoms with van der Waals surface area (Å²) in [5.41, 5.74) is 19.1. The third-order valence-electron chi connectivity index (χ3n) is 16.0. The third kappa shape index (κ3) is 5.73. The van der Waals surface area contributed by atoms with Crippen molar-refractivity contribution in [3.8, 4) is 0 Å². The van der Waals surface area contributed by atoms with Crippen molar-refractivity contribution >= 4 is 145 Å². The van der Waals surface area contributed by atoms with E-state index in [0.717, 1.165) is 105 Å². The van der Waals surface area contributed by atoms with Gasteiger partial charge in [-0.15, -0.1) is 0 Å². The third-order valence-corrected chi connectivity index (χ3v) is 16.0. The van der Waals surface area contributed by atoms with Crippen molar-refractivity contribution in [1.29, 1.82) is 0 Å². The molecule has 16 rings (SSSR count). The molecule has 0 fully saturated rings. The zero-order chi connectivity index (χ0) is 49.8. The molecule has 6 aromatic heterocycles. The fourth-order valence-corrected chi connectivity index (χ4v) is 12.8. The molecule has 0 unspecified atom stereocenters. The second kappa shape index (κ2) is 15.4. The SMILES string of the molecule is C=c1/c(=C\c2c(C)n3c4ccccc4c4c(N(c5cccc(C)c5)c5cccc6c5oc5ccccc56)ccc2c43)n2c3ccccc3c3c(N(c4cccc(C)c4)c4cccc5c4oc4ccccc45)ccc1c32. The van der Waals surface area contributed by atoms with Crippen molar-refractivity contribution in [3.63, 3.8) is 0 Å². The van der Waals surface area contributed by atoms with Crippen LogP contribution >= 0.6 is 0 Å². The quantitative estimate of drug-likeness (QED) is 0.160. The maximum absolute atomic E-state index is 6.79. The summed E-state index contributed by atoms with van der Waals surface area (Å²) < 4.78 is 18.5. The number of nitrogens with zero attached hydrogens (tertiary/aromatic N) is 4. The van der Waals surface area contributed by atoms with Crippen LogP contribution in [-0.4, -0.2) is 8.80 Å². The Bertz CT molecular complexity index is 5160. The Hall–Kier alpha value is -9.78. The first-order valence-electron chi connectivity index (χ1n) is 25.7. The first-order valence-corrected chi connectivity index (χ1v) is 25.7. The second-order valence-corrected chi connectivity index (χ2v) is 20.3. The number of fused-ring (bicyclic) bond motifs is 12. The molecular formula is C69H46N4O2. The van der Waals surface area contributed by atoms with Crippen LogP contribution in [-0.2, 0) is 0 Å². The Kier molecular flexibility index (Phi) is 8.57. The molecule has 0 aliphatic rings. The van der Waals surface area contributed by atoms with Gasteiger partial charge < -0.3 is 27.4 Å². The van der Waals surface area contributed by atoms with Crippen LogP contribution in [0, 0.1) is 20.8 Å². The predicted octanol–water partition coefficient (Wildman–Crippen LogP) is 17.6. The Labute approximate surface area is 430 Å². The number of anilines is 6. The number of hydrogen-bond acceptors (Lipinski definition) is 4. The summed E-state index contributed by atoms with van der Waals surface area (Å²) in [5.74, 6) is 0. The lowest BCUT2D eigenvalue weighted by Gasteiger charge is -2.27. The van der Waals surface area contributed by atoms with E-state index in [2.05, 4.69) is 240 Å². The molecule has 0 atom stereocenters. The minimum Gasteiger partial charge on any atom is -0.454 e. The van der Waals surface area contributed by atoms with Gasteiger partial charge in [-0.3, -0.25) is 0 Å². The zero-order valence-electron chi connectivity index (χ0n) is 41.5. The van der Waals surface area contributed by atoms with Crippen molar-refractivity contribution < 1.29 is 8.83 Å². The zero-order valence-corrected chi connectivity index (χ0v) is 41.5. The minimum absolute atomic E-state index is 0.854. The lowest BCUT2D eigenvalue weighted by Crippen LogP contribution is -2.24. The first-order chi connectivity index (χ1) is 36.9. The molecule has 10 aromatic carbocycles. The normalized spacial score (nSPS) is 12.6. The molecule has 0 saturated heterocycles. The Morgan fingerprint density at radius 2 is 0.853 bits per heavy atom. The van der Waals surface area contributed by atoms with Gasteiger partial charge in [-0.05, 0) is 111 Å². The van der Waals surface area contributed by atoms with Crippen molar-refractivity contribution in [3.05, 3.63) is 239 Å². The molecule has 0 N–H and O–H groups in total. The molecule has 6 nitrogen and oxygen atoms in total. The van der Waals surface area contributed by atoms with Crippen molar-refractivity contribution in [1.82, 2.24) is 8.80 Å². The minimum atomic E-state index is 0.854. The van der Waals surface area contributed by atoms with Crippen LogP contribution in [0.15, 0.2) is 215 Å². The van der Waals surface area contributed by atoms with Crippen molar-refractivity contribution in [2.24, 2.45) is 0 Å². The number of benzene rings is 10. The van der Waals surface area contributed by atoms with E-state index < -0.39 is 0 Å². The van der Waals surface area contributed by atoms with Gasteiger partial charge in [-0.1, -0.05) is 140 Å². The van der Waals surface area contributed by atoms with Crippen LogP contribution < -0.4 is 20.4 Å². The summed E-state index contributed by atoms with van der Waals surface area (Å²) in [4.78, 5) is 4.80. The number of hydrogen-bond donors (Lipinski definition) is 0. The van der Waals surface area contributed by atoms with Gasteiger partial charge in [0.25, 0.3) is 0 Å². The highest BCUT2D eigenvalue weighted by atomic mass is 16.3. The van der Waals surface area contributed by atoms with Gasteiger partial charge in [0.1, 0.15) is 11.2 Å². The fraction of sp³-hybridized carbons (Fsp3) is 0.0435. The molecule has 354 valence electrons. The molecule has 0 aliphatic heterocycles. The molecule has 16 aromatic rings. The Morgan fingerprint density at radius 3 is 1.40 bits per heavy atom. The van der Waals surface area contributed by atoms with Gasteiger partial charge in [-0.2, -0.15) is 0 Å². The number of aromatic nitrogens is 2. The van der Waals surface area contributed by atoms with Crippen LogP contribution in [0.25, 0.3) is 111 Å². The molecule has 0 amide bonds. The summed E-state index contributed by atoms with van der Waals surface area (Å²) in [6, 6.07) is 74.2. The Balaban J connectivity index is 0.964. The highest BCUT2D eigenvalue weighted by molar-refractivity contribution is 6.25. The molecular weight excluding hydrogens is 917 g/mol. The monoisotopic (exact) mass is 962 g/mol. The van der Waals surface area contributed by atoms with E-state index in [1.807, 2.05) is 12.1 Å². The molecule has 0 aliphatic carbocycles. The van der Waals surface area contributed by atoms with Crippen LogP contribution in [0.2, 0.25) is 0 Å². The van der Waals surface area contributed by atoms with E-state index in [0.29, 0.717) is 0 Å². The van der Waals surface area contributed by atoms with Gasteiger partial charge in [0.2, 0.25) is 0 Å². The molecule has 0 radical (unpaired) electrons. The summed E-state index contributed by atoms with van der Waals surface area (Å²) in [7, 11) is 0. The molecule has 0 bridgehead atoms. The smallest absolute Gasteiger partial charge is 0.159 e. The summed E-state index contributed by atoms with van der Waals surface area (Å²) in [6.07, 6.45) is 2.40. The highest BCUT2D eigenvalue weighted by Crippen LogP contribution is 2.50. The van der Waals surface area contributed by atoms with Gasteiger partial charge in [0, 0.05) is 81.7 Å². The van der Waals surface area contributed by atoms with Gasteiger partial charge in [0.05, 0.1) is 50.2 Å². The molecule has 6 heterocycles. The van der Waals surface area contributed by atoms with Gasteiger partial charge in [-0.25, -0.2) is 0 Å². The van der Waals surface area contributed by atoms with E-state index in [9.17, 15) is 0 Å². The summed E-state index contributed by atoms with van der Waals surface area (Å²) >= 11 is 0. The summed E-state index contributed by atoms with van der Waals surface area (Å²) in [6.45, 7) is 11.5. The average Bonchev–Trinajstić information content (AvgIpc) is 4.36. The highest BCUT2D eigenvalue weighted by Gasteiger charge is 2.29. The van der Waals surface area contributed by atoms with E-state index in [-0.39, 0.29) is 0 Å². The topological polar surface area (TPSA) is 41.6 Å². The van der Waals surface area contributed by atoms with Crippen LogP contribution in [0.3, 0.4) is 0 Å². The first kappa shape index (κ1) is 41.8. The lowest BCUT2D eigenvalue weighted by molar-refractivity contribution is 0.669. The van der Waals surface area contributed by atoms with Crippen LogP contribution in [0.4, 0.5) is 34.1 Å². The maximum Gasteiger partial charge on any atom is 0.159 e. The largest absolute Gasteiger partial charge is 0.454 e. The maximum atomic E-state index is 6.79. The van der Waals surface area contributed by atoms with Gasteiger partial charge in [0.15, 0.2) is 11.2 Å². The molecule has 0 saturated carbocycles. The molecule has 6 heteroatoms. The van der Waals surface area contributed by atoms with E-state index >= 15 is 0 Å². The number of rotatable bonds is 7. The van der Waals surface area contributed by atoms with Crippen LogP contribution in [0.5, 0.6) is 0 Å². The predicted molar refractivity (Wildman–Crippen MR) is 314 cm³/mol. The average molecular weight is 963 g/mol. The fourth-order valence-electron chi connectivity index (χ4n) is 12.8. The van der Waals surface area contributed by atoms with Gasteiger partial charge >= 0.3 is 0 Å². The summed E-state index contributed by atoms with van der Waals surface area (Å²) in [5, 5.41) is 13.5. The second-order valence-electron chi connectivity index (χ2n) is 20.3. The Morgan fingerprint density at radius 1 is 0.400 bits per heavy atom. The molecule has 75 heavy (non-hydrogen) atoms. The van der Waals surface area contributed by atoms with Crippen LogP contribution in [0.1, 0.15) is 22.4 Å².